The SMILES string of the molecule is Cc1[nH]c(N)nc1CCc1ccc(Cl)cc1. The van der Waals surface area contributed by atoms with Crippen molar-refractivity contribution in [3.63, 3.8) is 0 Å². The molecular weight excluding hydrogens is 222 g/mol. The molecule has 0 saturated carbocycles. The van der Waals surface area contributed by atoms with Crippen molar-refractivity contribution < 1.29 is 0 Å². The lowest BCUT2D eigenvalue weighted by Crippen LogP contribution is -1.94. The molecular formula is C12H14ClN3. The molecule has 1 aromatic heterocycles. The van der Waals surface area contributed by atoms with Gasteiger partial charge in [0, 0.05) is 10.7 Å². The predicted molar refractivity (Wildman–Crippen MR) is 66.6 cm³/mol. The number of halogens is 1. The second-order valence-electron chi connectivity index (χ2n) is 3.82. The van der Waals surface area contributed by atoms with Crippen LogP contribution in [0.5, 0.6) is 0 Å². The summed E-state index contributed by atoms with van der Waals surface area (Å²) in [6.45, 7) is 1.99. The highest BCUT2D eigenvalue weighted by Gasteiger charge is 2.04. The van der Waals surface area contributed by atoms with E-state index < -0.39 is 0 Å². The van der Waals surface area contributed by atoms with Crippen LogP contribution < -0.4 is 5.73 Å². The van der Waals surface area contributed by atoms with Crippen LogP contribution in [0.4, 0.5) is 5.95 Å². The highest BCUT2D eigenvalue weighted by Crippen LogP contribution is 2.13. The summed E-state index contributed by atoms with van der Waals surface area (Å²) in [7, 11) is 0. The molecule has 84 valence electrons. The minimum Gasteiger partial charge on any atom is -0.369 e. The van der Waals surface area contributed by atoms with Gasteiger partial charge in [-0.05, 0) is 37.5 Å². The van der Waals surface area contributed by atoms with E-state index in [2.05, 4.69) is 9.97 Å². The van der Waals surface area contributed by atoms with Gasteiger partial charge in [-0.15, -0.1) is 0 Å². The highest BCUT2D eigenvalue weighted by molar-refractivity contribution is 6.30. The molecule has 0 bridgehead atoms. The number of nitrogens with one attached hydrogen (secondary N) is 1. The van der Waals surface area contributed by atoms with Gasteiger partial charge in [0.05, 0.1) is 5.69 Å². The molecule has 0 radical (unpaired) electrons. The van der Waals surface area contributed by atoms with Gasteiger partial charge >= 0.3 is 0 Å². The summed E-state index contributed by atoms with van der Waals surface area (Å²) in [6.07, 6.45) is 1.84. The van der Waals surface area contributed by atoms with Crippen LogP contribution >= 0.6 is 11.6 Å². The number of aromatic nitrogens is 2. The first-order valence-corrected chi connectivity index (χ1v) is 5.58. The Morgan fingerprint density at radius 2 is 1.94 bits per heavy atom. The summed E-state index contributed by atoms with van der Waals surface area (Å²) >= 11 is 5.82. The number of nitrogen functional groups attached to an aromatic ring is 1. The first kappa shape index (κ1) is 11.0. The maximum atomic E-state index is 5.82. The molecule has 0 unspecified atom stereocenters. The Morgan fingerprint density at radius 1 is 1.25 bits per heavy atom. The molecule has 0 amide bonds. The number of nitrogens with two attached hydrogens (primary N) is 1. The molecule has 2 aromatic rings. The van der Waals surface area contributed by atoms with E-state index in [1.165, 1.54) is 5.56 Å². The maximum Gasteiger partial charge on any atom is 0.197 e. The highest BCUT2D eigenvalue weighted by atomic mass is 35.5. The Kier molecular flexibility index (Phi) is 3.15. The van der Waals surface area contributed by atoms with Crippen LogP contribution in [0.2, 0.25) is 5.02 Å². The monoisotopic (exact) mass is 235 g/mol. The topological polar surface area (TPSA) is 54.7 Å². The van der Waals surface area contributed by atoms with Crippen LogP contribution in [0.1, 0.15) is 17.0 Å². The number of benzene rings is 1. The summed E-state index contributed by atoms with van der Waals surface area (Å²) in [4.78, 5) is 7.24. The number of imidazole rings is 1. The average Bonchev–Trinajstić information content (AvgIpc) is 2.57. The van der Waals surface area contributed by atoms with Gasteiger partial charge in [-0.1, -0.05) is 23.7 Å². The van der Waals surface area contributed by atoms with Crippen LogP contribution in [0.3, 0.4) is 0 Å². The van der Waals surface area contributed by atoms with Crippen molar-refractivity contribution in [3.05, 3.63) is 46.2 Å². The number of hydrogen-bond acceptors (Lipinski definition) is 2. The lowest BCUT2D eigenvalue weighted by Gasteiger charge is -2.00. The Hall–Kier alpha value is -1.48. The lowest BCUT2D eigenvalue weighted by molar-refractivity contribution is 0.914. The molecule has 0 aliphatic carbocycles. The fourth-order valence-electron chi connectivity index (χ4n) is 1.68. The largest absolute Gasteiger partial charge is 0.369 e. The van der Waals surface area contributed by atoms with Crippen LogP contribution in [-0.4, -0.2) is 9.97 Å². The molecule has 2 rings (SSSR count). The number of aromatic amines is 1. The number of anilines is 1. The predicted octanol–water partition coefficient (Wildman–Crippen LogP) is 2.74. The van der Waals surface area contributed by atoms with E-state index in [1.807, 2.05) is 31.2 Å². The third-order valence-electron chi connectivity index (χ3n) is 2.57. The second kappa shape index (κ2) is 4.58. The van der Waals surface area contributed by atoms with Gasteiger partial charge in [-0.2, -0.15) is 0 Å². The van der Waals surface area contributed by atoms with Gasteiger partial charge in [0.1, 0.15) is 0 Å². The van der Waals surface area contributed by atoms with E-state index in [1.54, 1.807) is 0 Å². The van der Waals surface area contributed by atoms with Gasteiger partial charge in [-0.25, -0.2) is 4.98 Å². The molecule has 0 spiro atoms. The molecule has 0 atom stereocenters. The first-order chi connectivity index (χ1) is 7.65. The zero-order chi connectivity index (χ0) is 11.5. The van der Waals surface area contributed by atoms with E-state index in [-0.39, 0.29) is 0 Å². The summed E-state index contributed by atoms with van der Waals surface area (Å²) in [6, 6.07) is 7.88. The standard InChI is InChI=1S/C12H14ClN3/c1-8-11(16-12(14)15-8)7-4-9-2-5-10(13)6-3-9/h2-3,5-6H,4,7H2,1H3,(H3,14,15,16). The van der Waals surface area contributed by atoms with Crippen molar-refractivity contribution >= 4 is 17.5 Å². The molecule has 0 saturated heterocycles. The molecule has 1 aromatic carbocycles. The Bertz CT molecular complexity index is 474. The van der Waals surface area contributed by atoms with Gasteiger partial charge in [0.15, 0.2) is 5.95 Å². The van der Waals surface area contributed by atoms with Crippen molar-refractivity contribution in [2.24, 2.45) is 0 Å². The van der Waals surface area contributed by atoms with Crippen molar-refractivity contribution in [1.29, 1.82) is 0 Å². The van der Waals surface area contributed by atoms with Crippen molar-refractivity contribution in [2.45, 2.75) is 19.8 Å². The summed E-state index contributed by atoms with van der Waals surface area (Å²) in [5.41, 5.74) is 8.92. The van der Waals surface area contributed by atoms with Crippen molar-refractivity contribution in [3.8, 4) is 0 Å². The van der Waals surface area contributed by atoms with Crippen LogP contribution in [0.25, 0.3) is 0 Å². The fourth-order valence-corrected chi connectivity index (χ4v) is 1.80. The minimum absolute atomic E-state index is 0.489. The fraction of sp³-hybridized carbons (Fsp3) is 0.250. The number of rotatable bonds is 3. The van der Waals surface area contributed by atoms with Gasteiger partial charge < -0.3 is 10.7 Å². The Balaban J connectivity index is 2.02. The normalized spacial score (nSPS) is 10.6. The zero-order valence-corrected chi connectivity index (χ0v) is 9.88. The maximum absolute atomic E-state index is 5.82. The summed E-state index contributed by atoms with van der Waals surface area (Å²) in [5.74, 6) is 0.489. The number of nitrogens with zero attached hydrogens (tertiary/aromatic N) is 1. The van der Waals surface area contributed by atoms with Gasteiger partial charge in [0.2, 0.25) is 0 Å². The van der Waals surface area contributed by atoms with Crippen LogP contribution in [-0.2, 0) is 12.8 Å². The van der Waals surface area contributed by atoms with Crippen molar-refractivity contribution in [1.82, 2.24) is 9.97 Å². The molecule has 0 aliphatic heterocycles. The van der Waals surface area contributed by atoms with Gasteiger partial charge in [0.25, 0.3) is 0 Å². The summed E-state index contributed by atoms with van der Waals surface area (Å²) in [5, 5.41) is 0.768. The Labute approximate surface area is 99.7 Å². The van der Waals surface area contributed by atoms with E-state index in [0.29, 0.717) is 5.95 Å². The van der Waals surface area contributed by atoms with Gasteiger partial charge in [-0.3, -0.25) is 0 Å². The van der Waals surface area contributed by atoms with E-state index in [9.17, 15) is 0 Å². The molecule has 16 heavy (non-hydrogen) atoms. The lowest BCUT2D eigenvalue weighted by atomic mass is 10.1. The number of H-pyrrole nitrogens is 1. The number of aryl methyl sites for hydroxylation is 3. The molecule has 4 heteroatoms. The van der Waals surface area contributed by atoms with Crippen LogP contribution in [0, 0.1) is 6.92 Å². The van der Waals surface area contributed by atoms with Crippen LogP contribution in [0.15, 0.2) is 24.3 Å². The number of hydrogen-bond donors (Lipinski definition) is 2. The average molecular weight is 236 g/mol. The zero-order valence-electron chi connectivity index (χ0n) is 9.13. The second-order valence-corrected chi connectivity index (χ2v) is 4.26. The van der Waals surface area contributed by atoms with E-state index in [4.69, 9.17) is 17.3 Å². The molecule has 0 fully saturated rings. The molecule has 1 heterocycles. The first-order valence-electron chi connectivity index (χ1n) is 5.20. The third-order valence-corrected chi connectivity index (χ3v) is 2.82. The Morgan fingerprint density at radius 3 is 2.50 bits per heavy atom. The molecule has 0 aliphatic rings. The molecule has 3 nitrogen and oxygen atoms in total. The third kappa shape index (κ3) is 2.55. The summed E-state index contributed by atoms with van der Waals surface area (Å²) < 4.78 is 0. The minimum atomic E-state index is 0.489. The van der Waals surface area contributed by atoms with E-state index in [0.717, 1.165) is 29.3 Å². The smallest absolute Gasteiger partial charge is 0.197 e. The van der Waals surface area contributed by atoms with Crippen molar-refractivity contribution in [2.75, 3.05) is 5.73 Å². The molecule has 3 N–H and O–H groups in total. The quantitative estimate of drug-likeness (QED) is 0.860. The van der Waals surface area contributed by atoms with E-state index >= 15 is 0 Å².